The molecule has 5 atom stereocenters. The normalized spacial score (nSPS) is 28.9. The molecule has 2 amide bonds. The fourth-order valence-electron chi connectivity index (χ4n) is 6.23. The SMILES string of the molecule is O=C1N[C@]2(C(=O)O)C[C@@H]2/C=C\CCCCC[C@H](Nc2ccccc2)C(=O)N2C[C@H](Oc3nccc4ccccc34)C[C@@H]12. The third-order valence-corrected chi connectivity index (χ3v) is 8.65. The van der Waals surface area contributed by atoms with Gasteiger partial charge in [-0.3, -0.25) is 9.59 Å². The van der Waals surface area contributed by atoms with Crippen LogP contribution < -0.4 is 15.4 Å². The van der Waals surface area contributed by atoms with E-state index in [-0.39, 0.29) is 24.8 Å². The molecule has 0 unspecified atom stereocenters. The van der Waals surface area contributed by atoms with Crippen LogP contribution in [0.1, 0.15) is 44.9 Å². The van der Waals surface area contributed by atoms with E-state index < -0.39 is 35.6 Å². The predicted octanol–water partition coefficient (Wildman–Crippen LogP) is 4.54. The number of ether oxygens (including phenoxy) is 1. The van der Waals surface area contributed by atoms with Gasteiger partial charge in [0.25, 0.3) is 0 Å². The van der Waals surface area contributed by atoms with Crippen LogP contribution >= 0.6 is 0 Å². The molecule has 1 saturated heterocycles. The zero-order valence-corrected chi connectivity index (χ0v) is 23.4. The molecule has 3 aromatic rings. The molecule has 6 rings (SSSR count). The largest absolute Gasteiger partial charge is 0.479 e. The topological polar surface area (TPSA) is 121 Å². The Labute approximate surface area is 245 Å². The van der Waals surface area contributed by atoms with Crippen molar-refractivity contribution in [3.8, 4) is 5.88 Å². The summed E-state index contributed by atoms with van der Waals surface area (Å²) < 4.78 is 6.36. The molecule has 1 saturated carbocycles. The van der Waals surface area contributed by atoms with Gasteiger partial charge >= 0.3 is 5.97 Å². The van der Waals surface area contributed by atoms with E-state index in [1.54, 1.807) is 11.1 Å². The summed E-state index contributed by atoms with van der Waals surface area (Å²) >= 11 is 0. The molecule has 9 heteroatoms. The Balaban J connectivity index is 1.30. The number of aliphatic carboxylic acids is 1. The Kier molecular flexibility index (Phi) is 7.82. The lowest BCUT2D eigenvalue weighted by atomic mass is 10.0. The number of amides is 2. The minimum atomic E-state index is -1.35. The number of hydrogen-bond donors (Lipinski definition) is 3. The summed E-state index contributed by atoms with van der Waals surface area (Å²) in [6.07, 6.45) is 9.88. The molecule has 2 fully saturated rings. The first-order valence-corrected chi connectivity index (χ1v) is 14.8. The average Bonchev–Trinajstić information content (AvgIpc) is 3.53. The average molecular weight is 569 g/mol. The summed E-state index contributed by atoms with van der Waals surface area (Å²) in [6, 6.07) is 17.8. The minimum Gasteiger partial charge on any atom is -0.479 e. The second-order valence-electron chi connectivity index (χ2n) is 11.5. The number of nitrogens with one attached hydrogen (secondary N) is 2. The van der Waals surface area contributed by atoms with Crippen molar-refractivity contribution < 1.29 is 24.2 Å². The monoisotopic (exact) mass is 568 g/mol. The number of benzene rings is 2. The van der Waals surface area contributed by atoms with Crippen molar-refractivity contribution >= 4 is 34.2 Å². The van der Waals surface area contributed by atoms with Gasteiger partial charge in [-0.1, -0.05) is 61.4 Å². The summed E-state index contributed by atoms with van der Waals surface area (Å²) in [5.74, 6) is -1.54. The number of carbonyl (C=O) groups excluding carboxylic acids is 2. The molecule has 0 bridgehead atoms. The molecule has 0 radical (unpaired) electrons. The van der Waals surface area contributed by atoms with Crippen molar-refractivity contribution in [2.45, 2.75) is 68.7 Å². The number of pyridine rings is 1. The molecule has 218 valence electrons. The van der Waals surface area contributed by atoms with Gasteiger partial charge in [-0.25, -0.2) is 9.78 Å². The molecule has 3 N–H and O–H groups in total. The maximum absolute atomic E-state index is 14.2. The summed E-state index contributed by atoms with van der Waals surface area (Å²) in [7, 11) is 0. The van der Waals surface area contributed by atoms with Crippen LogP contribution in [0, 0.1) is 5.92 Å². The lowest BCUT2D eigenvalue weighted by molar-refractivity contribution is -0.145. The van der Waals surface area contributed by atoms with Gasteiger partial charge in [0.1, 0.15) is 23.7 Å². The van der Waals surface area contributed by atoms with Gasteiger partial charge in [-0.05, 0) is 55.3 Å². The number of allylic oxidation sites excluding steroid dienone is 1. The molecule has 42 heavy (non-hydrogen) atoms. The highest BCUT2D eigenvalue weighted by Crippen LogP contribution is 2.45. The summed E-state index contributed by atoms with van der Waals surface area (Å²) in [5.41, 5.74) is -0.518. The molecule has 3 heterocycles. The number of carbonyl (C=O) groups is 3. The van der Waals surface area contributed by atoms with Crippen LogP contribution in [0.15, 0.2) is 79.0 Å². The van der Waals surface area contributed by atoms with Crippen molar-refractivity contribution in [3.63, 3.8) is 0 Å². The van der Waals surface area contributed by atoms with Crippen molar-refractivity contribution in [2.24, 2.45) is 5.92 Å². The van der Waals surface area contributed by atoms with Gasteiger partial charge in [-0.15, -0.1) is 0 Å². The van der Waals surface area contributed by atoms with E-state index >= 15 is 0 Å². The lowest BCUT2D eigenvalue weighted by Gasteiger charge is -2.30. The highest BCUT2D eigenvalue weighted by atomic mass is 16.5. The van der Waals surface area contributed by atoms with E-state index in [9.17, 15) is 19.5 Å². The number of hydrogen-bond acceptors (Lipinski definition) is 6. The molecular weight excluding hydrogens is 532 g/mol. The number of anilines is 1. The van der Waals surface area contributed by atoms with Crippen LogP contribution in [0.5, 0.6) is 5.88 Å². The standard InChI is InChI=1S/C33H36N4O5/c38-29-28-19-25(42-30-26-15-10-9-11-22(26)17-18-34-30)21-37(28)31(39)27(35-24-13-6-4-7-14-24)16-8-3-1-2-5-12-23-20-33(23,36-29)32(40)41/h4-7,9-15,17-18,23,25,27-28,35H,1-3,8,16,19-21H2,(H,36,38)(H,40,41)/b12-5-/t23-,25+,27-,28-,33+/m0/s1. The maximum atomic E-state index is 14.2. The van der Waals surface area contributed by atoms with Gasteiger partial charge in [0.05, 0.1) is 6.54 Å². The number of fused-ring (bicyclic) bond motifs is 3. The van der Waals surface area contributed by atoms with Gasteiger partial charge in [0, 0.05) is 29.6 Å². The Bertz CT molecular complexity index is 1490. The first-order chi connectivity index (χ1) is 20.4. The van der Waals surface area contributed by atoms with Crippen molar-refractivity contribution in [1.82, 2.24) is 15.2 Å². The highest BCUT2D eigenvalue weighted by Gasteiger charge is 2.61. The number of rotatable bonds is 5. The Morgan fingerprint density at radius 3 is 2.69 bits per heavy atom. The van der Waals surface area contributed by atoms with Gasteiger partial charge < -0.3 is 25.4 Å². The Hall–Kier alpha value is -4.40. The highest BCUT2D eigenvalue weighted by molar-refractivity contribution is 5.96. The fourth-order valence-corrected chi connectivity index (χ4v) is 6.23. The van der Waals surface area contributed by atoms with Gasteiger partial charge in [-0.2, -0.15) is 0 Å². The predicted molar refractivity (Wildman–Crippen MR) is 159 cm³/mol. The quantitative estimate of drug-likeness (QED) is 0.387. The molecule has 9 nitrogen and oxygen atoms in total. The van der Waals surface area contributed by atoms with E-state index in [0.29, 0.717) is 18.7 Å². The zero-order valence-electron chi connectivity index (χ0n) is 23.4. The zero-order chi connectivity index (χ0) is 29.1. The van der Waals surface area contributed by atoms with E-state index in [4.69, 9.17) is 4.74 Å². The van der Waals surface area contributed by atoms with Gasteiger partial charge in [0.15, 0.2) is 0 Å². The second-order valence-corrected chi connectivity index (χ2v) is 11.5. The number of para-hydroxylation sites is 1. The molecule has 2 aromatic carbocycles. The van der Waals surface area contributed by atoms with Crippen molar-refractivity contribution in [1.29, 1.82) is 0 Å². The molecule has 1 aliphatic carbocycles. The number of aromatic nitrogens is 1. The van der Waals surface area contributed by atoms with E-state index in [2.05, 4.69) is 15.6 Å². The fraction of sp³-hybridized carbons (Fsp3) is 0.394. The van der Waals surface area contributed by atoms with E-state index in [1.165, 1.54) is 0 Å². The van der Waals surface area contributed by atoms with Gasteiger partial charge in [0.2, 0.25) is 17.7 Å². The van der Waals surface area contributed by atoms with E-state index in [0.717, 1.165) is 42.1 Å². The minimum absolute atomic E-state index is 0.193. The second kappa shape index (κ2) is 11.8. The van der Waals surface area contributed by atoms with Crippen LogP contribution in [-0.2, 0) is 14.4 Å². The number of carboxylic acids is 1. The molecule has 0 spiro atoms. The third kappa shape index (κ3) is 5.68. The summed E-state index contributed by atoms with van der Waals surface area (Å²) in [6.45, 7) is 0.193. The van der Waals surface area contributed by atoms with E-state index in [1.807, 2.05) is 72.8 Å². The smallest absolute Gasteiger partial charge is 0.330 e. The third-order valence-electron chi connectivity index (χ3n) is 8.65. The molecule has 2 aliphatic heterocycles. The number of nitrogens with zero attached hydrogens (tertiary/aromatic N) is 2. The van der Waals surface area contributed by atoms with Crippen LogP contribution in [0.4, 0.5) is 5.69 Å². The lowest BCUT2D eigenvalue weighted by Crippen LogP contribution is -2.55. The summed E-state index contributed by atoms with van der Waals surface area (Å²) in [4.78, 5) is 46.4. The molecule has 1 aromatic heterocycles. The first-order valence-electron chi connectivity index (χ1n) is 14.8. The molecular formula is C33H36N4O5. The molecule has 3 aliphatic rings. The van der Waals surface area contributed by atoms with Crippen LogP contribution in [0.3, 0.4) is 0 Å². The van der Waals surface area contributed by atoms with Crippen LogP contribution in [0.2, 0.25) is 0 Å². The first kappa shape index (κ1) is 27.8. The Morgan fingerprint density at radius 1 is 1.05 bits per heavy atom. The van der Waals surface area contributed by atoms with Crippen molar-refractivity contribution in [3.05, 3.63) is 79.0 Å². The van der Waals surface area contributed by atoms with Crippen LogP contribution in [0.25, 0.3) is 10.8 Å². The number of carboxylic acid groups (broad SMARTS) is 1. The maximum Gasteiger partial charge on any atom is 0.330 e. The Morgan fingerprint density at radius 2 is 1.86 bits per heavy atom. The van der Waals surface area contributed by atoms with Crippen LogP contribution in [-0.4, -0.2) is 63.0 Å². The summed E-state index contributed by atoms with van der Waals surface area (Å²) in [5, 5.41) is 18.1. The van der Waals surface area contributed by atoms with Crippen molar-refractivity contribution in [2.75, 3.05) is 11.9 Å².